The van der Waals surface area contributed by atoms with Crippen LogP contribution in [0.25, 0.3) is 0 Å². The fourth-order valence-corrected chi connectivity index (χ4v) is 15.7. The molecule has 30 heteroatoms. The van der Waals surface area contributed by atoms with Crippen LogP contribution in [0.3, 0.4) is 0 Å². The van der Waals surface area contributed by atoms with Crippen molar-refractivity contribution in [3.05, 3.63) is 200 Å². The lowest BCUT2D eigenvalue weighted by Gasteiger charge is -2.49. The van der Waals surface area contributed by atoms with Crippen LogP contribution >= 0.6 is 46.4 Å². The minimum atomic E-state index is -4.94. The summed E-state index contributed by atoms with van der Waals surface area (Å²) in [6, 6.07) is 27.0. The highest BCUT2D eigenvalue weighted by Gasteiger charge is 2.54. The second kappa shape index (κ2) is 28.4. The first-order valence-electron chi connectivity index (χ1n) is 28.4. The summed E-state index contributed by atoms with van der Waals surface area (Å²) in [5.74, 6) is -7.09. The number of para-hydroxylation sites is 2. The molecule has 2 saturated heterocycles. The second-order valence-electron chi connectivity index (χ2n) is 22.3. The zero-order valence-electron chi connectivity index (χ0n) is 47.8. The second-order valence-corrected chi connectivity index (χ2v) is 28.3. The summed E-state index contributed by atoms with van der Waals surface area (Å²) in [5.41, 5.74) is 0.236. The van der Waals surface area contributed by atoms with Crippen LogP contribution < -0.4 is 8.61 Å². The van der Waals surface area contributed by atoms with Crippen LogP contribution in [-0.2, 0) is 48.7 Å². The van der Waals surface area contributed by atoms with Gasteiger partial charge < -0.3 is 29.5 Å². The molecule has 492 valence electrons. The standard InChI is InChI=1S/2C31H28Cl2F4N2O6S/c2*32-20-10-8-18(9-11-20)28-29(19-4-3-5-21(33)14-19)45-26(15-27(40)41)30(42)39(28)22(16-31(35,36)37)17-38(46(43,44)23-12-13-23)25-7-2-1-6-24(25)34/h2*1-11,14,22-23,26,28-29H,12-13,15-17H2,(H,40,41)/t22-,26+,28-,29-;22-,26-,28-,29-/m11/s1. The number of halogens is 12. The Labute approximate surface area is 543 Å². The molecule has 2 saturated carbocycles. The predicted molar refractivity (Wildman–Crippen MR) is 325 cm³/mol. The van der Waals surface area contributed by atoms with E-state index in [9.17, 15) is 72.6 Å². The maximum atomic E-state index is 15.1. The van der Waals surface area contributed by atoms with E-state index in [-0.39, 0.29) is 56.9 Å². The molecule has 8 atom stereocenters. The largest absolute Gasteiger partial charge is 0.481 e. The quantitative estimate of drug-likeness (QED) is 0.0609. The summed E-state index contributed by atoms with van der Waals surface area (Å²) in [5, 5.41) is 18.4. The molecule has 4 fully saturated rings. The van der Waals surface area contributed by atoms with Gasteiger partial charge >= 0.3 is 24.3 Å². The number of ether oxygens (including phenoxy) is 2. The van der Waals surface area contributed by atoms with Crippen LogP contribution in [0.2, 0.25) is 20.1 Å². The van der Waals surface area contributed by atoms with Crippen molar-refractivity contribution in [1.29, 1.82) is 0 Å². The van der Waals surface area contributed by atoms with Crippen molar-refractivity contribution in [2.75, 3.05) is 21.7 Å². The third kappa shape index (κ3) is 16.8. The molecule has 10 rings (SSSR count). The van der Waals surface area contributed by atoms with E-state index in [1.165, 1.54) is 84.9 Å². The molecule has 92 heavy (non-hydrogen) atoms. The maximum Gasteiger partial charge on any atom is 0.391 e. The summed E-state index contributed by atoms with van der Waals surface area (Å²) in [4.78, 5) is 53.6. The number of hydrogen-bond acceptors (Lipinski definition) is 10. The lowest BCUT2D eigenvalue weighted by Crippen LogP contribution is -2.59. The van der Waals surface area contributed by atoms with Crippen LogP contribution in [0, 0.1) is 11.6 Å². The first-order valence-corrected chi connectivity index (χ1v) is 32.9. The monoisotopic (exact) mass is 1400 g/mol. The minimum absolute atomic E-state index is 0.235. The predicted octanol–water partition coefficient (Wildman–Crippen LogP) is 13.9. The van der Waals surface area contributed by atoms with Crippen molar-refractivity contribution in [1.82, 2.24) is 9.80 Å². The van der Waals surface area contributed by atoms with Gasteiger partial charge in [0, 0.05) is 20.1 Å². The van der Waals surface area contributed by atoms with Crippen molar-refractivity contribution >= 4 is 102 Å². The van der Waals surface area contributed by atoms with Crippen molar-refractivity contribution in [3.63, 3.8) is 0 Å². The minimum Gasteiger partial charge on any atom is -0.481 e. The van der Waals surface area contributed by atoms with Gasteiger partial charge in [0.15, 0.2) is 0 Å². The molecule has 0 radical (unpaired) electrons. The molecule has 0 unspecified atom stereocenters. The molecule has 2 heterocycles. The third-order valence-corrected chi connectivity index (χ3v) is 21.1. The van der Waals surface area contributed by atoms with Crippen LogP contribution in [0.4, 0.5) is 46.5 Å². The smallest absolute Gasteiger partial charge is 0.391 e. The molecular weight excluding hydrogens is 1350 g/mol. The van der Waals surface area contributed by atoms with E-state index in [0.29, 0.717) is 19.7 Å². The molecule has 2 aliphatic carbocycles. The Balaban J connectivity index is 0.000000217. The Morgan fingerprint density at radius 3 is 1.13 bits per heavy atom. The molecule has 6 aromatic carbocycles. The number of alkyl halides is 6. The molecule has 4 aliphatic rings. The third-order valence-electron chi connectivity index (χ3n) is 15.6. The number of nitrogens with zero attached hydrogens (tertiary/aromatic N) is 4. The van der Waals surface area contributed by atoms with E-state index in [0.717, 1.165) is 34.1 Å². The van der Waals surface area contributed by atoms with Crippen molar-refractivity contribution in [2.24, 2.45) is 0 Å². The average molecular weight is 1410 g/mol. The Morgan fingerprint density at radius 2 is 0.837 bits per heavy atom. The molecule has 0 aromatic heterocycles. The van der Waals surface area contributed by atoms with Crippen molar-refractivity contribution in [3.8, 4) is 0 Å². The van der Waals surface area contributed by atoms with Gasteiger partial charge in [-0.1, -0.05) is 119 Å². The Hall–Kier alpha value is -6.78. The number of aliphatic carboxylic acids is 2. The summed E-state index contributed by atoms with van der Waals surface area (Å²) < 4.78 is 185. The first-order chi connectivity index (χ1) is 43.3. The van der Waals surface area contributed by atoms with E-state index >= 15 is 8.78 Å². The number of rotatable bonds is 22. The number of morpholine rings is 2. The number of carboxylic acids is 2. The summed E-state index contributed by atoms with van der Waals surface area (Å²) in [7, 11) is -8.75. The van der Waals surface area contributed by atoms with E-state index in [1.54, 1.807) is 36.4 Å². The van der Waals surface area contributed by atoms with Crippen LogP contribution in [0.1, 0.15) is 97.9 Å². The number of anilines is 2. The highest BCUT2D eigenvalue weighted by atomic mass is 35.5. The van der Waals surface area contributed by atoms with Gasteiger partial charge in [-0.3, -0.25) is 27.8 Å². The fourth-order valence-electron chi connectivity index (χ4n) is 11.3. The molecule has 6 aromatic rings. The zero-order chi connectivity index (χ0) is 66.8. The van der Waals surface area contributed by atoms with Crippen LogP contribution in [0.15, 0.2) is 146 Å². The topological polar surface area (TPSA) is 208 Å². The molecule has 2 N–H and O–H groups in total. The molecule has 0 bridgehead atoms. The van der Waals surface area contributed by atoms with Gasteiger partial charge in [0.1, 0.15) is 36.1 Å². The van der Waals surface area contributed by atoms with Crippen molar-refractivity contribution in [2.45, 2.75) is 123 Å². The molecule has 16 nitrogen and oxygen atoms in total. The van der Waals surface area contributed by atoms with E-state index in [1.807, 2.05) is 0 Å². The number of hydrogen-bond donors (Lipinski definition) is 2. The molecule has 0 spiro atoms. The zero-order valence-corrected chi connectivity index (χ0v) is 52.5. The summed E-state index contributed by atoms with van der Waals surface area (Å²) >= 11 is 24.7. The average Bonchev–Trinajstić information content (AvgIpc) is 0.838. The van der Waals surface area contributed by atoms with Gasteiger partial charge in [-0.05, 0) is 121 Å². The molecule has 2 amide bonds. The van der Waals surface area contributed by atoms with Gasteiger partial charge in [-0.25, -0.2) is 25.6 Å². The molecule has 2 aliphatic heterocycles. The lowest BCUT2D eigenvalue weighted by atomic mass is 9.89. The Kier molecular flexibility index (Phi) is 21.5. The number of carboxylic acid groups (broad SMARTS) is 2. The van der Waals surface area contributed by atoms with E-state index in [4.69, 9.17) is 55.9 Å². The number of amides is 2. The molecular formula is C62H56Cl4F8N4O12S2. The van der Waals surface area contributed by atoms with E-state index in [2.05, 4.69) is 0 Å². The normalized spacial score (nSPS) is 21.2. The van der Waals surface area contributed by atoms with Gasteiger partial charge in [-0.2, -0.15) is 26.3 Å². The van der Waals surface area contributed by atoms with Gasteiger partial charge in [-0.15, -0.1) is 0 Å². The van der Waals surface area contributed by atoms with Crippen LogP contribution in [0.5, 0.6) is 0 Å². The maximum absolute atomic E-state index is 15.1. The fraction of sp³-hybridized carbons (Fsp3) is 0.355. The number of benzene rings is 6. The number of sulfonamides is 2. The van der Waals surface area contributed by atoms with E-state index < -0.39 is 177 Å². The Bertz CT molecular complexity index is 3660. The van der Waals surface area contributed by atoms with Crippen molar-refractivity contribution < 1.29 is 90.8 Å². The number of carbonyl (C=O) groups excluding carboxylic acids is 2. The summed E-state index contributed by atoms with van der Waals surface area (Å²) in [6.07, 6.45) is -20.1. The SMILES string of the molecule is O=C(O)C[C@@H]1O[C@H](c2cccc(Cl)c2)[C@@H](c2ccc(Cl)cc2)N([C@@H](CN(c2ccccc2F)S(=O)(=O)C2CC2)CC(F)(F)F)C1=O.O=C(O)C[C@H]1O[C@H](c2cccc(Cl)c2)[C@@H](c2ccc(Cl)cc2)N([C@@H](CN(c2ccccc2F)S(=O)(=O)C2CC2)CC(F)(F)F)C1=O. The highest BCUT2D eigenvalue weighted by Crippen LogP contribution is 2.49. The van der Waals surface area contributed by atoms with Crippen LogP contribution in [-0.4, -0.2) is 121 Å². The van der Waals surface area contributed by atoms with Gasteiger partial charge in [0.2, 0.25) is 20.0 Å². The van der Waals surface area contributed by atoms with Gasteiger partial charge in [0.25, 0.3) is 11.8 Å². The highest BCUT2D eigenvalue weighted by molar-refractivity contribution is 7.94. The summed E-state index contributed by atoms with van der Waals surface area (Å²) in [6.45, 7) is -1.95. The van der Waals surface area contributed by atoms with Gasteiger partial charge in [0.05, 0.1) is 84.8 Å². The first kappa shape index (κ1) is 69.6. The number of carbonyl (C=O) groups is 4. The lowest BCUT2D eigenvalue weighted by molar-refractivity contribution is -0.193. The Morgan fingerprint density at radius 1 is 0.500 bits per heavy atom.